The van der Waals surface area contributed by atoms with E-state index in [1.807, 2.05) is 0 Å². The van der Waals surface area contributed by atoms with E-state index in [2.05, 4.69) is 37.2 Å². The van der Waals surface area contributed by atoms with Gasteiger partial charge in [-0.15, -0.1) is 11.3 Å². The van der Waals surface area contributed by atoms with Gasteiger partial charge in [-0.3, -0.25) is 0 Å². The van der Waals surface area contributed by atoms with Crippen LogP contribution in [-0.4, -0.2) is 0 Å². The van der Waals surface area contributed by atoms with Crippen molar-refractivity contribution in [1.29, 1.82) is 0 Å². The van der Waals surface area contributed by atoms with Gasteiger partial charge in [-0.25, -0.2) is 22.0 Å². The third kappa shape index (κ3) is 2.84. The summed E-state index contributed by atoms with van der Waals surface area (Å²) in [5.74, 6) is -9.88. The van der Waals surface area contributed by atoms with Crippen LogP contribution in [0.3, 0.4) is 0 Å². The minimum atomic E-state index is -2.17. The quantitative estimate of drug-likeness (QED) is 0.376. The zero-order valence-electron chi connectivity index (χ0n) is 9.34. The van der Waals surface area contributed by atoms with Crippen LogP contribution in [0.15, 0.2) is 14.3 Å². The number of nitrogens with one attached hydrogen (secondary N) is 1. The summed E-state index contributed by atoms with van der Waals surface area (Å²) in [6.07, 6.45) is 0. The molecule has 1 aromatic carbocycles. The molecule has 108 valence electrons. The lowest BCUT2D eigenvalue weighted by Gasteiger charge is -2.09. The molecule has 20 heavy (non-hydrogen) atoms. The van der Waals surface area contributed by atoms with Crippen molar-refractivity contribution >= 4 is 48.9 Å². The summed E-state index contributed by atoms with van der Waals surface area (Å²) in [4.78, 5) is 0.646. The van der Waals surface area contributed by atoms with Gasteiger partial charge >= 0.3 is 0 Å². The number of benzene rings is 1. The molecule has 0 fully saturated rings. The maximum absolute atomic E-state index is 13.4. The van der Waals surface area contributed by atoms with Crippen molar-refractivity contribution in [2.24, 2.45) is 0 Å². The van der Waals surface area contributed by atoms with Crippen molar-refractivity contribution in [2.75, 3.05) is 5.32 Å². The molecule has 0 aliphatic carbocycles. The number of thiophene rings is 1. The Balaban J connectivity index is 2.30. The average molecular weight is 437 g/mol. The second-order valence-electron chi connectivity index (χ2n) is 3.63. The van der Waals surface area contributed by atoms with Gasteiger partial charge in [0, 0.05) is 15.9 Å². The van der Waals surface area contributed by atoms with Gasteiger partial charge in [0.15, 0.2) is 23.3 Å². The minimum Gasteiger partial charge on any atom is -0.375 e. The van der Waals surface area contributed by atoms with E-state index in [0.29, 0.717) is 4.88 Å². The zero-order valence-corrected chi connectivity index (χ0v) is 13.3. The largest absolute Gasteiger partial charge is 0.375 e. The molecule has 1 nitrogen and oxygen atoms in total. The lowest BCUT2D eigenvalue weighted by Crippen LogP contribution is -2.09. The Hall–Kier alpha value is -0.670. The first-order valence-electron chi connectivity index (χ1n) is 5.02. The highest BCUT2D eigenvalue weighted by atomic mass is 79.9. The number of hydrogen-bond acceptors (Lipinski definition) is 2. The van der Waals surface area contributed by atoms with Gasteiger partial charge in [0.1, 0.15) is 5.69 Å². The van der Waals surface area contributed by atoms with Crippen LogP contribution in [-0.2, 0) is 6.54 Å². The fourth-order valence-corrected chi connectivity index (χ4v) is 3.53. The minimum absolute atomic E-state index is 0.0762. The number of hydrogen-bond donors (Lipinski definition) is 1. The molecule has 0 spiro atoms. The summed E-state index contributed by atoms with van der Waals surface area (Å²) < 4.78 is 67.1. The molecule has 1 heterocycles. The van der Waals surface area contributed by atoms with Crippen LogP contribution in [0.5, 0.6) is 0 Å². The lowest BCUT2D eigenvalue weighted by molar-refractivity contribution is 0.381. The predicted molar refractivity (Wildman–Crippen MR) is 73.3 cm³/mol. The number of rotatable bonds is 3. The Labute approximate surface area is 131 Å². The van der Waals surface area contributed by atoms with Crippen molar-refractivity contribution in [3.63, 3.8) is 0 Å². The molecule has 2 aromatic rings. The van der Waals surface area contributed by atoms with Crippen LogP contribution >= 0.6 is 43.2 Å². The van der Waals surface area contributed by atoms with Crippen LogP contribution in [0.1, 0.15) is 4.88 Å². The lowest BCUT2D eigenvalue weighted by atomic mass is 10.2. The Morgan fingerprint density at radius 3 is 1.85 bits per heavy atom. The summed E-state index contributed by atoms with van der Waals surface area (Å²) in [5.41, 5.74) is -1.04. The van der Waals surface area contributed by atoms with Crippen molar-refractivity contribution in [3.8, 4) is 0 Å². The van der Waals surface area contributed by atoms with E-state index in [1.165, 1.54) is 11.3 Å². The maximum Gasteiger partial charge on any atom is 0.200 e. The highest BCUT2D eigenvalue weighted by Crippen LogP contribution is 2.33. The monoisotopic (exact) mass is 435 g/mol. The van der Waals surface area contributed by atoms with Gasteiger partial charge < -0.3 is 5.32 Å². The molecule has 1 N–H and O–H groups in total. The SMILES string of the molecule is Fc1c(F)c(F)c(NCc2cc(Br)c(Br)s2)c(F)c1F. The van der Waals surface area contributed by atoms with Crippen LogP contribution in [0.2, 0.25) is 0 Å². The smallest absolute Gasteiger partial charge is 0.200 e. The Morgan fingerprint density at radius 2 is 1.40 bits per heavy atom. The molecule has 0 unspecified atom stereocenters. The summed E-state index contributed by atoms with van der Waals surface area (Å²) in [5, 5.41) is 2.22. The van der Waals surface area contributed by atoms with E-state index in [1.54, 1.807) is 6.07 Å². The molecule has 0 aliphatic rings. The maximum atomic E-state index is 13.4. The van der Waals surface area contributed by atoms with E-state index < -0.39 is 34.8 Å². The molecular formula is C11H4Br2F5NS. The Kier molecular flexibility index (Phi) is 4.70. The molecule has 0 aliphatic heterocycles. The molecule has 0 bridgehead atoms. The normalized spacial score (nSPS) is 10.9. The second-order valence-corrected chi connectivity index (χ2v) is 6.94. The van der Waals surface area contributed by atoms with Crippen LogP contribution in [0.4, 0.5) is 27.6 Å². The molecule has 2 rings (SSSR count). The fraction of sp³-hybridized carbons (Fsp3) is 0.0909. The van der Waals surface area contributed by atoms with Crippen LogP contribution < -0.4 is 5.32 Å². The van der Waals surface area contributed by atoms with Crippen molar-refractivity contribution in [3.05, 3.63) is 48.3 Å². The third-order valence-electron chi connectivity index (χ3n) is 2.35. The van der Waals surface area contributed by atoms with Gasteiger partial charge in [-0.1, -0.05) is 0 Å². The predicted octanol–water partition coefficient (Wildman–Crippen LogP) is 5.58. The van der Waals surface area contributed by atoms with Gasteiger partial charge in [0.25, 0.3) is 0 Å². The van der Waals surface area contributed by atoms with E-state index in [4.69, 9.17) is 0 Å². The molecule has 0 atom stereocenters. The molecule has 1 aromatic heterocycles. The van der Waals surface area contributed by atoms with E-state index in [9.17, 15) is 22.0 Å². The fourth-order valence-electron chi connectivity index (χ4n) is 1.41. The average Bonchev–Trinajstić information content (AvgIpc) is 2.73. The van der Waals surface area contributed by atoms with E-state index >= 15 is 0 Å². The molecule has 0 saturated carbocycles. The van der Waals surface area contributed by atoms with Crippen LogP contribution in [0.25, 0.3) is 0 Å². The first-order valence-corrected chi connectivity index (χ1v) is 7.42. The number of halogens is 7. The molecule has 0 radical (unpaired) electrons. The molecule has 0 amide bonds. The Bertz CT molecular complexity index is 625. The summed E-state index contributed by atoms with van der Waals surface area (Å²) in [7, 11) is 0. The first-order chi connectivity index (χ1) is 9.32. The van der Waals surface area contributed by atoms with Crippen molar-refractivity contribution < 1.29 is 22.0 Å². The number of anilines is 1. The molecule has 9 heteroatoms. The highest BCUT2D eigenvalue weighted by Gasteiger charge is 2.25. The Morgan fingerprint density at radius 1 is 0.900 bits per heavy atom. The topological polar surface area (TPSA) is 12.0 Å². The molecular weight excluding hydrogens is 433 g/mol. The van der Waals surface area contributed by atoms with E-state index in [-0.39, 0.29) is 6.54 Å². The van der Waals surface area contributed by atoms with Gasteiger partial charge in [-0.05, 0) is 37.9 Å². The molecule has 0 saturated heterocycles. The summed E-state index contributed by atoms with van der Waals surface area (Å²) in [6.45, 7) is -0.0762. The van der Waals surface area contributed by atoms with E-state index in [0.717, 1.165) is 8.26 Å². The zero-order chi connectivity index (χ0) is 15.0. The van der Waals surface area contributed by atoms with Crippen LogP contribution in [0, 0.1) is 29.1 Å². The van der Waals surface area contributed by atoms with Crippen molar-refractivity contribution in [1.82, 2.24) is 0 Å². The van der Waals surface area contributed by atoms with Crippen molar-refractivity contribution in [2.45, 2.75) is 6.54 Å². The highest BCUT2D eigenvalue weighted by molar-refractivity contribution is 9.13. The third-order valence-corrected chi connectivity index (χ3v) is 5.60. The second kappa shape index (κ2) is 5.98. The van der Waals surface area contributed by atoms with Gasteiger partial charge in [0.2, 0.25) is 5.82 Å². The summed E-state index contributed by atoms with van der Waals surface area (Å²) in [6, 6.07) is 1.66. The van der Waals surface area contributed by atoms with Gasteiger partial charge in [0.05, 0.1) is 3.79 Å². The van der Waals surface area contributed by atoms with Gasteiger partial charge in [-0.2, -0.15) is 0 Å². The first kappa shape index (κ1) is 15.7. The standard InChI is InChI=1S/C11H4Br2F5NS/c12-4-1-3(20-11(4)13)2-19-10-8(17)6(15)5(14)7(16)9(10)18/h1,19H,2H2. The summed E-state index contributed by atoms with van der Waals surface area (Å²) >= 11 is 7.71.